The minimum atomic E-state index is -0.945. The van der Waals surface area contributed by atoms with Gasteiger partial charge in [-0.2, -0.15) is 0 Å². The summed E-state index contributed by atoms with van der Waals surface area (Å²) in [6, 6.07) is 7.98. The van der Waals surface area contributed by atoms with E-state index in [1.807, 2.05) is 0 Å². The molecule has 1 unspecified atom stereocenters. The highest BCUT2D eigenvalue weighted by atomic mass is 79.9. The number of halogens is 3. The summed E-state index contributed by atoms with van der Waals surface area (Å²) in [7, 11) is 3.00. The molecule has 0 bridgehead atoms. The van der Waals surface area contributed by atoms with Gasteiger partial charge in [0.1, 0.15) is 23.4 Å². The van der Waals surface area contributed by atoms with Crippen LogP contribution in [0.2, 0.25) is 0 Å². The van der Waals surface area contributed by atoms with Gasteiger partial charge in [0.2, 0.25) is 0 Å². The van der Waals surface area contributed by atoms with Crippen LogP contribution < -0.4 is 9.47 Å². The number of ether oxygens (including phenoxy) is 2. The SMILES string of the molecule is COc1ccc(C(O)c2cc(Br)c(F)cc2OC)cc1Br. The summed E-state index contributed by atoms with van der Waals surface area (Å²) in [4.78, 5) is 0. The molecule has 2 aromatic rings. The molecular formula is C15H13Br2FO3. The molecule has 2 rings (SSSR count). The maximum atomic E-state index is 13.5. The smallest absolute Gasteiger partial charge is 0.141 e. The lowest BCUT2D eigenvalue weighted by molar-refractivity contribution is 0.214. The monoisotopic (exact) mass is 418 g/mol. The maximum absolute atomic E-state index is 13.5. The zero-order valence-corrected chi connectivity index (χ0v) is 14.5. The molecule has 0 aliphatic carbocycles. The van der Waals surface area contributed by atoms with E-state index >= 15 is 0 Å². The predicted octanol–water partition coefficient (Wildman–Crippen LogP) is 4.45. The number of aliphatic hydroxyl groups excluding tert-OH is 1. The van der Waals surface area contributed by atoms with Crippen LogP contribution in [0.4, 0.5) is 4.39 Å². The van der Waals surface area contributed by atoms with Gasteiger partial charge in [0, 0.05) is 11.6 Å². The molecule has 0 aromatic heterocycles. The highest BCUT2D eigenvalue weighted by Crippen LogP contribution is 2.36. The molecule has 2 aromatic carbocycles. The Morgan fingerprint density at radius 2 is 1.67 bits per heavy atom. The average molecular weight is 420 g/mol. The molecule has 0 saturated heterocycles. The first-order chi connectivity index (χ1) is 9.97. The van der Waals surface area contributed by atoms with Gasteiger partial charge in [0.25, 0.3) is 0 Å². The van der Waals surface area contributed by atoms with E-state index in [2.05, 4.69) is 31.9 Å². The van der Waals surface area contributed by atoms with Gasteiger partial charge in [0.15, 0.2) is 0 Å². The van der Waals surface area contributed by atoms with Crippen LogP contribution in [-0.4, -0.2) is 19.3 Å². The molecule has 0 aliphatic heterocycles. The van der Waals surface area contributed by atoms with E-state index in [0.717, 1.165) is 4.47 Å². The van der Waals surface area contributed by atoms with Gasteiger partial charge in [-0.3, -0.25) is 0 Å². The lowest BCUT2D eigenvalue weighted by Crippen LogP contribution is -2.04. The van der Waals surface area contributed by atoms with Gasteiger partial charge in [0.05, 0.1) is 23.2 Å². The zero-order chi connectivity index (χ0) is 15.6. The van der Waals surface area contributed by atoms with Gasteiger partial charge < -0.3 is 14.6 Å². The van der Waals surface area contributed by atoms with Gasteiger partial charge in [-0.05, 0) is 55.6 Å². The van der Waals surface area contributed by atoms with Crippen molar-refractivity contribution in [3.8, 4) is 11.5 Å². The van der Waals surface area contributed by atoms with Crippen LogP contribution in [0.3, 0.4) is 0 Å². The molecule has 3 nitrogen and oxygen atoms in total. The van der Waals surface area contributed by atoms with Crippen molar-refractivity contribution < 1.29 is 19.0 Å². The third-order valence-corrected chi connectivity index (χ3v) is 4.29. The summed E-state index contributed by atoms with van der Waals surface area (Å²) in [5.41, 5.74) is 1.11. The molecule has 0 heterocycles. The highest BCUT2D eigenvalue weighted by Gasteiger charge is 2.19. The molecule has 0 spiro atoms. The van der Waals surface area contributed by atoms with Gasteiger partial charge in [-0.1, -0.05) is 6.07 Å². The van der Waals surface area contributed by atoms with E-state index in [4.69, 9.17) is 9.47 Å². The number of methoxy groups -OCH3 is 2. The average Bonchev–Trinajstić information content (AvgIpc) is 2.48. The largest absolute Gasteiger partial charge is 0.496 e. The van der Waals surface area contributed by atoms with Crippen molar-refractivity contribution in [2.45, 2.75) is 6.10 Å². The number of rotatable bonds is 4. The predicted molar refractivity (Wildman–Crippen MR) is 85.4 cm³/mol. The fourth-order valence-corrected chi connectivity index (χ4v) is 2.89. The van der Waals surface area contributed by atoms with Crippen LogP contribution in [-0.2, 0) is 0 Å². The van der Waals surface area contributed by atoms with Gasteiger partial charge in [-0.25, -0.2) is 4.39 Å². The molecule has 0 aliphatic rings. The second kappa shape index (κ2) is 6.77. The summed E-state index contributed by atoms with van der Waals surface area (Å²) < 4.78 is 24.8. The summed E-state index contributed by atoms with van der Waals surface area (Å²) in [5, 5.41) is 10.5. The number of hydrogen-bond acceptors (Lipinski definition) is 3. The van der Waals surface area contributed by atoms with Crippen molar-refractivity contribution >= 4 is 31.9 Å². The van der Waals surface area contributed by atoms with E-state index in [1.165, 1.54) is 19.2 Å². The van der Waals surface area contributed by atoms with Crippen molar-refractivity contribution in [3.05, 3.63) is 56.2 Å². The molecule has 0 fully saturated rings. The van der Waals surface area contributed by atoms with E-state index in [0.29, 0.717) is 16.9 Å². The van der Waals surface area contributed by atoms with Gasteiger partial charge >= 0.3 is 0 Å². The molecular weight excluding hydrogens is 407 g/mol. The maximum Gasteiger partial charge on any atom is 0.141 e. The Bertz CT molecular complexity index is 662. The standard InChI is InChI=1S/C15H13Br2FO3/c1-20-13-4-3-8(5-11(13)17)15(19)9-6-10(16)12(18)7-14(9)21-2/h3-7,15,19H,1-2H3. The Balaban J connectivity index is 2.46. The molecule has 0 saturated carbocycles. The van der Waals surface area contributed by atoms with Crippen molar-refractivity contribution in [2.24, 2.45) is 0 Å². The second-order valence-electron chi connectivity index (χ2n) is 4.30. The zero-order valence-electron chi connectivity index (χ0n) is 11.4. The van der Waals surface area contributed by atoms with Crippen molar-refractivity contribution in [3.63, 3.8) is 0 Å². The lowest BCUT2D eigenvalue weighted by Gasteiger charge is -2.17. The van der Waals surface area contributed by atoms with E-state index in [-0.39, 0.29) is 10.2 Å². The molecule has 1 atom stereocenters. The first kappa shape index (κ1) is 16.3. The van der Waals surface area contributed by atoms with Crippen LogP contribution >= 0.6 is 31.9 Å². The third-order valence-electron chi connectivity index (χ3n) is 3.06. The van der Waals surface area contributed by atoms with Gasteiger partial charge in [-0.15, -0.1) is 0 Å². The minimum absolute atomic E-state index is 0.268. The Morgan fingerprint density at radius 3 is 2.24 bits per heavy atom. The summed E-state index contributed by atoms with van der Waals surface area (Å²) in [6.45, 7) is 0. The van der Waals surface area contributed by atoms with Crippen LogP contribution in [0.25, 0.3) is 0 Å². The van der Waals surface area contributed by atoms with Crippen LogP contribution in [0, 0.1) is 5.82 Å². The van der Waals surface area contributed by atoms with Crippen LogP contribution in [0.5, 0.6) is 11.5 Å². The summed E-state index contributed by atoms with van der Waals surface area (Å²) in [5.74, 6) is 0.507. The summed E-state index contributed by atoms with van der Waals surface area (Å²) >= 11 is 6.49. The molecule has 21 heavy (non-hydrogen) atoms. The Morgan fingerprint density at radius 1 is 1.00 bits per heavy atom. The molecule has 0 radical (unpaired) electrons. The molecule has 6 heteroatoms. The van der Waals surface area contributed by atoms with Crippen molar-refractivity contribution in [2.75, 3.05) is 14.2 Å². The van der Waals surface area contributed by atoms with Crippen molar-refractivity contribution in [1.82, 2.24) is 0 Å². The topological polar surface area (TPSA) is 38.7 Å². The summed E-state index contributed by atoms with van der Waals surface area (Å²) in [6.07, 6.45) is -0.945. The van der Waals surface area contributed by atoms with Crippen LogP contribution in [0.15, 0.2) is 39.3 Å². The van der Waals surface area contributed by atoms with Crippen LogP contribution in [0.1, 0.15) is 17.2 Å². The van der Waals surface area contributed by atoms with E-state index in [9.17, 15) is 9.50 Å². The second-order valence-corrected chi connectivity index (χ2v) is 6.01. The minimum Gasteiger partial charge on any atom is -0.496 e. The fraction of sp³-hybridized carbons (Fsp3) is 0.200. The normalized spacial score (nSPS) is 12.1. The third kappa shape index (κ3) is 3.39. The molecule has 112 valence electrons. The molecule has 0 amide bonds. The first-order valence-corrected chi connectivity index (χ1v) is 7.61. The lowest BCUT2D eigenvalue weighted by atomic mass is 10.0. The highest BCUT2D eigenvalue weighted by molar-refractivity contribution is 9.10. The number of benzene rings is 2. The quantitative estimate of drug-likeness (QED) is 0.795. The Labute approximate surface area is 139 Å². The first-order valence-electron chi connectivity index (χ1n) is 6.02. The fourth-order valence-electron chi connectivity index (χ4n) is 1.97. The Hall–Kier alpha value is -1.11. The van der Waals surface area contributed by atoms with E-state index < -0.39 is 11.9 Å². The number of hydrogen-bond donors (Lipinski definition) is 1. The van der Waals surface area contributed by atoms with E-state index in [1.54, 1.807) is 25.3 Å². The molecule has 1 N–H and O–H groups in total. The number of aliphatic hydroxyl groups is 1. The Kier molecular flexibility index (Phi) is 5.24. The van der Waals surface area contributed by atoms with Crippen molar-refractivity contribution in [1.29, 1.82) is 0 Å².